The lowest BCUT2D eigenvalue weighted by Gasteiger charge is -2.51. The van der Waals surface area contributed by atoms with Gasteiger partial charge in [-0.2, -0.15) is 0 Å². The lowest BCUT2D eigenvalue weighted by Crippen LogP contribution is -2.54. The maximum Gasteiger partial charge on any atom is 0.161 e. The maximum absolute atomic E-state index is 13.7. The molecule has 2 heteroatoms. The van der Waals surface area contributed by atoms with Crippen molar-refractivity contribution >= 4 is 11.5 Å². The molecule has 0 heterocycles. The van der Waals surface area contributed by atoms with Crippen LogP contribution in [0.1, 0.15) is 90.7 Å². The first-order chi connectivity index (χ1) is 13.6. The van der Waals surface area contributed by atoms with Crippen LogP contribution in [-0.2, 0) is 4.79 Å². The normalized spacial score (nSPS) is 33.0. The number of hydrogen-bond donors (Lipinski definition) is 1. The summed E-state index contributed by atoms with van der Waals surface area (Å²) in [5.74, 6) is 2.66. The van der Waals surface area contributed by atoms with Crippen LogP contribution >= 0.6 is 0 Å². The maximum atomic E-state index is 13.7. The molecule has 29 heavy (non-hydrogen) atoms. The van der Waals surface area contributed by atoms with Crippen molar-refractivity contribution in [3.63, 3.8) is 0 Å². The molecule has 0 bridgehead atoms. The minimum atomic E-state index is -0.183. The van der Waals surface area contributed by atoms with Gasteiger partial charge in [-0.05, 0) is 79.9 Å². The predicted octanol–water partition coefficient (Wildman–Crippen LogP) is 7.33. The number of rotatable bonds is 7. The Morgan fingerprint density at radius 1 is 1.07 bits per heavy atom. The van der Waals surface area contributed by atoms with E-state index in [1.165, 1.54) is 36.8 Å². The number of aryl methyl sites for hydroxylation is 1. The van der Waals surface area contributed by atoms with Crippen molar-refractivity contribution in [1.82, 2.24) is 0 Å². The van der Waals surface area contributed by atoms with E-state index in [0.29, 0.717) is 11.7 Å². The van der Waals surface area contributed by atoms with Crippen LogP contribution in [0.25, 0.3) is 0 Å². The Kier molecular flexibility index (Phi) is 6.51. The van der Waals surface area contributed by atoms with Gasteiger partial charge in [0, 0.05) is 11.1 Å². The highest BCUT2D eigenvalue weighted by atomic mass is 16.1. The van der Waals surface area contributed by atoms with Crippen molar-refractivity contribution in [1.29, 1.82) is 0 Å². The Morgan fingerprint density at radius 3 is 2.48 bits per heavy atom. The van der Waals surface area contributed by atoms with E-state index in [1.54, 1.807) is 0 Å². The van der Waals surface area contributed by atoms with E-state index in [0.717, 1.165) is 36.8 Å². The van der Waals surface area contributed by atoms with Gasteiger partial charge in [-0.1, -0.05) is 66.0 Å². The Morgan fingerprint density at radius 2 is 1.79 bits per heavy atom. The number of nitrogens with one attached hydrogen (secondary N) is 1. The van der Waals surface area contributed by atoms with Gasteiger partial charge in [0.2, 0.25) is 0 Å². The molecule has 162 valence electrons. The molecule has 1 aromatic carbocycles. The van der Waals surface area contributed by atoms with E-state index >= 15 is 0 Å². The number of ketones is 1. The molecule has 1 N–H and O–H groups in total. The number of hydrogen-bond acceptors (Lipinski definition) is 2. The van der Waals surface area contributed by atoms with E-state index < -0.39 is 0 Å². The molecule has 0 aromatic heterocycles. The van der Waals surface area contributed by atoms with E-state index in [4.69, 9.17) is 0 Å². The summed E-state index contributed by atoms with van der Waals surface area (Å²) in [6.45, 7) is 16.1. The predicted molar refractivity (Wildman–Crippen MR) is 124 cm³/mol. The summed E-state index contributed by atoms with van der Waals surface area (Å²) in [7, 11) is 0. The molecule has 2 fully saturated rings. The van der Waals surface area contributed by atoms with Gasteiger partial charge in [-0.3, -0.25) is 4.79 Å². The lowest BCUT2D eigenvalue weighted by atomic mass is 9.53. The molecule has 0 amide bonds. The van der Waals surface area contributed by atoms with E-state index in [9.17, 15) is 4.79 Å². The molecule has 2 aliphatic rings. The number of carbonyl (C=O) groups excluding carboxylic acids is 1. The third kappa shape index (κ3) is 4.01. The van der Waals surface area contributed by atoms with Gasteiger partial charge in [0.15, 0.2) is 5.78 Å². The van der Waals surface area contributed by atoms with Gasteiger partial charge in [-0.25, -0.2) is 0 Å². The van der Waals surface area contributed by atoms with Gasteiger partial charge < -0.3 is 5.32 Å². The Hall–Kier alpha value is -1.31. The molecule has 2 nitrogen and oxygen atoms in total. The quantitative estimate of drug-likeness (QED) is 0.522. The van der Waals surface area contributed by atoms with Crippen molar-refractivity contribution in [3.05, 3.63) is 29.3 Å². The number of Topliss-reactive ketones (excluding diaryl/α,β-unsaturated/α-hetero) is 1. The highest BCUT2D eigenvalue weighted by Gasteiger charge is 2.62. The number of fused-ring (bicyclic) bond motifs is 1. The molecule has 0 saturated heterocycles. The first-order valence-electron chi connectivity index (χ1n) is 12.0. The third-order valence-corrected chi connectivity index (χ3v) is 8.91. The van der Waals surface area contributed by atoms with Crippen molar-refractivity contribution < 1.29 is 4.79 Å². The summed E-state index contributed by atoms with van der Waals surface area (Å²) >= 11 is 0. The van der Waals surface area contributed by atoms with Crippen molar-refractivity contribution in [2.75, 3.05) is 5.32 Å². The highest BCUT2D eigenvalue weighted by Crippen LogP contribution is 2.64. The molecule has 3 rings (SSSR count). The van der Waals surface area contributed by atoms with E-state index in [1.807, 2.05) is 0 Å². The van der Waals surface area contributed by atoms with Gasteiger partial charge in [-0.15, -0.1) is 0 Å². The van der Waals surface area contributed by atoms with Gasteiger partial charge >= 0.3 is 0 Å². The fraction of sp³-hybridized carbons (Fsp3) is 0.741. The van der Waals surface area contributed by atoms with E-state index in [-0.39, 0.29) is 16.9 Å². The summed E-state index contributed by atoms with van der Waals surface area (Å²) < 4.78 is 0. The second-order valence-electron chi connectivity index (χ2n) is 11.0. The molecule has 5 atom stereocenters. The largest absolute Gasteiger partial charge is 0.375 e. The summed E-state index contributed by atoms with van der Waals surface area (Å²) in [4.78, 5) is 13.7. The van der Waals surface area contributed by atoms with Crippen molar-refractivity contribution in [3.8, 4) is 0 Å². The van der Waals surface area contributed by atoms with Crippen LogP contribution in [0.4, 0.5) is 5.69 Å². The average Bonchev–Trinajstić information content (AvgIpc) is 2.94. The first kappa shape index (κ1) is 22.4. The molecule has 2 aliphatic carbocycles. The summed E-state index contributed by atoms with van der Waals surface area (Å²) in [6.07, 6.45) is 8.38. The standard InChI is InChI=1S/C27H43NO/c1-18(2)10-8-12-20(4)22-14-16-27(7)25(29)24(15-17-26(22,27)6)28-23-13-9-11-19(3)21(23)5/h9,11,13,18,20,22,24,28H,8,10,12,14-17H2,1-7H3/t20-,22-,24+,26-,27+/m1/s1. The fourth-order valence-electron chi connectivity index (χ4n) is 6.48. The van der Waals surface area contributed by atoms with Crippen LogP contribution in [0.3, 0.4) is 0 Å². The van der Waals surface area contributed by atoms with E-state index in [2.05, 4.69) is 72.0 Å². The first-order valence-corrected chi connectivity index (χ1v) is 12.0. The van der Waals surface area contributed by atoms with Crippen LogP contribution in [0, 0.1) is 42.4 Å². The van der Waals surface area contributed by atoms with Crippen molar-refractivity contribution in [2.45, 2.75) is 99.5 Å². The number of carbonyl (C=O) groups is 1. The molecule has 0 spiro atoms. The lowest BCUT2D eigenvalue weighted by molar-refractivity contribution is -0.141. The Labute approximate surface area is 179 Å². The molecule has 0 aliphatic heterocycles. The second-order valence-corrected chi connectivity index (χ2v) is 11.0. The summed E-state index contributed by atoms with van der Waals surface area (Å²) in [6, 6.07) is 6.32. The molecular weight excluding hydrogens is 354 g/mol. The number of anilines is 1. The minimum absolute atomic E-state index is 0.0384. The monoisotopic (exact) mass is 397 g/mol. The Balaban J connectivity index is 1.73. The topological polar surface area (TPSA) is 29.1 Å². The van der Waals surface area contributed by atoms with Gasteiger partial charge in [0.25, 0.3) is 0 Å². The fourth-order valence-corrected chi connectivity index (χ4v) is 6.48. The third-order valence-electron chi connectivity index (χ3n) is 8.91. The van der Waals surface area contributed by atoms with Crippen LogP contribution < -0.4 is 5.32 Å². The molecule has 1 aromatic rings. The van der Waals surface area contributed by atoms with Gasteiger partial charge in [0.05, 0.1) is 6.04 Å². The molecule has 2 saturated carbocycles. The smallest absolute Gasteiger partial charge is 0.161 e. The average molecular weight is 398 g/mol. The minimum Gasteiger partial charge on any atom is -0.375 e. The number of benzene rings is 1. The molecule has 0 radical (unpaired) electrons. The van der Waals surface area contributed by atoms with Crippen LogP contribution in [0.15, 0.2) is 18.2 Å². The molecule has 0 unspecified atom stereocenters. The zero-order chi connectivity index (χ0) is 21.4. The Bertz CT molecular complexity index is 738. The van der Waals surface area contributed by atoms with Crippen LogP contribution in [0.5, 0.6) is 0 Å². The highest BCUT2D eigenvalue weighted by molar-refractivity contribution is 5.93. The van der Waals surface area contributed by atoms with Crippen LogP contribution in [0.2, 0.25) is 0 Å². The van der Waals surface area contributed by atoms with Crippen molar-refractivity contribution in [2.24, 2.45) is 28.6 Å². The van der Waals surface area contributed by atoms with Crippen LogP contribution in [-0.4, -0.2) is 11.8 Å². The SMILES string of the molecule is Cc1cccc(N[C@H]2CC[C@]3(C)[C@@H]([C@H](C)CCCC(C)C)CC[C@@]3(C)C2=O)c1C. The zero-order valence-corrected chi connectivity index (χ0v) is 19.9. The molecular formula is C27H43NO. The summed E-state index contributed by atoms with van der Waals surface area (Å²) in [5, 5.41) is 3.64. The van der Waals surface area contributed by atoms with Gasteiger partial charge in [0.1, 0.15) is 0 Å². The summed E-state index contributed by atoms with van der Waals surface area (Å²) in [5.41, 5.74) is 3.65. The second kappa shape index (κ2) is 8.44. The zero-order valence-electron chi connectivity index (χ0n) is 19.9.